The maximum absolute atomic E-state index is 12.2. The zero-order valence-corrected chi connectivity index (χ0v) is 11.9. The van der Waals surface area contributed by atoms with Gasteiger partial charge in [-0.1, -0.05) is 18.2 Å². The summed E-state index contributed by atoms with van der Waals surface area (Å²) in [5.41, 5.74) is 1.99. The van der Waals surface area contributed by atoms with Gasteiger partial charge in [0.25, 0.3) is 0 Å². The first-order valence-electron chi connectivity index (χ1n) is 5.95. The molecule has 0 aliphatic carbocycles. The molecule has 5 heteroatoms. The van der Waals surface area contributed by atoms with Gasteiger partial charge in [0.1, 0.15) is 10.6 Å². The van der Waals surface area contributed by atoms with Crippen molar-refractivity contribution in [2.24, 2.45) is 0 Å². The maximum Gasteiger partial charge on any atom is 0.339 e. The second-order valence-corrected chi connectivity index (χ2v) is 5.92. The quantitative estimate of drug-likeness (QED) is 0.814. The third-order valence-corrected chi connectivity index (χ3v) is 4.24. The summed E-state index contributed by atoms with van der Waals surface area (Å²) in [6.45, 7) is 3.68. The molecule has 2 aromatic rings. The van der Waals surface area contributed by atoms with Crippen LogP contribution in [0.2, 0.25) is 0 Å². The minimum absolute atomic E-state index is 0.0301. The molecule has 0 aromatic heterocycles. The van der Waals surface area contributed by atoms with Crippen LogP contribution in [0.25, 0.3) is 0 Å². The summed E-state index contributed by atoms with van der Waals surface area (Å²) >= 11 is 0. The zero-order chi connectivity index (χ0) is 14.8. The molecule has 0 heterocycles. The van der Waals surface area contributed by atoms with E-state index in [-0.39, 0.29) is 10.5 Å². The molecule has 2 aromatic carbocycles. The van der Waals surface area contributed by atoms with Gasteiger partial charge in [0.05, 0.1) is 11.6 Å². The van der Waals surface area contributed by atoms with Crippen LogP contribution in [0.15, 0.2) is 47.4 Å². The smallest absolute Gasteiger partial charge is 0.339 e. The molecule has 0 amide bonds. The van der Waals surface area contributed by atoms with E-state index in [9.17, 15) is 8.42 Å². The van der Waals surface area contributed by atoms with Gasteiger partial charge in [-0.05, 0) is 49.2 Å². The summed E-state index contributed by atoms with van der Waals surface area (Å²) in [7, 11) is -3.94. The van der Waals surface area contributed by atoms with Crippen molar-refractivity contribution in [2.45, 2.75) is 18.7 Å². The predicted octanol–water partition coefficient (Wildman–Crippen LogP) is 2.94. The Morgan fingerprint density at radius 3 is 2.50 bits per heavy atom. The van der Waals surface area contributed by atoms with Gasteiger partial charge in [-0.25, -0.2) is 0 Å². The lowest BCUT2D eigenvalue weighted by atomic mass is 10.1. The Balaban J connectivity index is 2.41. The van der Waals surface area contributed by atoms with Crippen LogP contribution in [0.1, 0.15) is 16.7 Å². The molecule has 4 nitrogen and oxygen atoms in total. The molecule has 0 atom stereocenters. The molecule has 0 saturated heterocycles. The van der Waals surface area contributed by atoms with Gasteiger partial charge in [-0.15, -0.1) is 0 Å². The molecule has 0 radical (unpaired) electrons. The number of nitrogens with zero attached hydrogens (tertiary/aromatic N) is 1. The standard InChI is InChI=1S/C15H13NO3S/c1-11-5-3-8-15(12(11)2)19-20(17,18)14-7-4-6-13(9-14)10-16/h3-9H,1-2H3. The highest BCUT2D eigenvalue weighted by atomic mass is 32.2. The maximum atomic E-state index is 12.2. The minimum atomic E-state index is -3.94. The molecule has 102 valence electrons. The van der Waals surface area contributed by atoms with E-state index < -0.39 is 10.1 Å². The van der Waals surface area contributed by atoms with E-state index in [1.165, 1.54) is 24.3 Å². The number of hydrogen-bond acceptors (Lipinski definition) is 4. The lowest BCUT2D eigenvalue weighted by Gasteiger charge is -2.10. The summed E-state index contributed by atoms with van der Waals surface area (Å²) in [5, 5.41) is 8.81. The molecule has 0 unspecified atom stereocenters. The fraction of sp³-hybridized carbons (Fsp3) is 0.133. The van der Waals surface area contributed by atoms with Crippen molar-refractivity contribution >= 4 is 10.1 Å². The van der Waals surface area contributed by atoms with Crippen LogP contribution in [0, 0.1) is 25.2 Å². The first kappa shape index (κ1) is 14.1. The van der Waals surface area contributed by atoms with Gasteiger partial charge in [0.2, 0.25) is 0 Å². The van der Waals surface area contributed by atoms with E-state index in [4.69, 9.17) is 9.44 Å². The highest BCUT2D eigenvalue weighted by molar-refractivity contribution is 7.87. The largest absolute Gasteiger partial charge is 0.379 e. The van der Waals surface area contributed by atoms with Crippen molar-refractivity contribution in [1.82, 2.24) is 0 Å². The number of nitriles is 1. The van der Waals surface area contributed by atoms with Crippen molar-refractivity contribution in [3.8, 4) is 11.8 Å². The second kappa shape index (κ2) is 5.35. The highest BCUT2D eigenvalue weighted by Crippen LogP contribution is 2.24. The minimum Gasteiger partial charge on any atom is -0.379 e. The van der Waals surface area contributed by atoms with Crippen molar-refractivity contribution in [3.05, 3.63) is 59.2 Å². The van der Waals surface area contributed by atoms with Crippen LogP contribution >= 0.6 is 0 Å². The third kappa shape index (κ3) is 2.81. The highest BCUT2D eigenvalue weighted by Gasteiger charge is 2.18. The molecule has 0 aliphatic rings. The molecule has 0 N–H and O–H groups in total. The number of aryl methyl sites for hydroxylation is 1. The van der Waals surface area contributed by atoms with E-state index in [0.29, 0.717) is 5.75 Å². The average molecular weight is 287 g/mol. The summed E-state index contributed by atoms with van der Waals surface area (Å²) in [6.07, 6.45) is 0. The van der Waals surface area contributed by atoms with Crippen LogP contribution < -0.4 is 4.18 Å². The Hall–Kier alpha value is -2.32. The topological polar surface area (TPSA) is 67.2 Å². The fourth-order valence-corrected chi connectivity index (χ4v) is 2.73. The monoisotopic (exact) mass is 287 g/mol. The molecule has 20 heavy (non-hydrogen) atoms. The molecular formula is C15H13NO3S. The van der Waals surface area contributed by atoms with Crippen LogP contribution in [0.4, 0.5) is 0 Å². The normalized spacial score (nSPS) is 10.8. The number of rotatable bonds is 3. The van der Waals surface area contributed by atoms with E-state index in [0.717, 1.165) is 11.1 Å². The predicted molar refractivity (Wildman–Crippen MR) is 74.9 cm³/mol. The third-order valence-electron chi connectivity index (χ3n) is 3.01. The lowest BCUT2D eigenvalue weighted by molar-refractivity contribution is 0.484. The Morgan fingerprint density at radius 2 is 1.80 bits per heavy atom. The molecular weight excluding hydrogens is 274 g/mol. The first-order chi connectivity index (χ1) is 9.44. The Morgan fingerprint density at radius 1 is 1.10 bits per heavy atom. The van der Waals surface area contributed by atoms with Gasteiger partial charge in [-0.3, -0.25) is 0 Å². The average Bonchev–Trinajstić information content (AvgIpc) is 2.44. The summed E-state index contributed by atoms with van der Waals surface area (Å²) in [6, 6.07) is 12.9. The van der Waals surface area contributed by atoms with Gasteiger partial charge < -0.3 is 4.18 Å². The summed E-state index contributed by atoms with van der Waals surface area (Å²) in [4.78, 5) is -0.0301. The van der Waals surface area contributed by atoms with E-state index >= 15 is 0 Å². The van der Waals surface area contributed by atoms with Crippen LogP contribution in [-0.4, -0.2) is 8.42 Å². The van der Waals surface area contributed by atoms with Gasteiger partial charge in [0, 0.05) is 0 Å². The first-order valence-corrected chi connectivity index (χ1v) is 7.36. The van der Waals surface area contributed by atoms with E-state index in [1.807, 2.05) is 19.1 Å². The molecule has 0 aliphatic heterocycles. The van der Waals surface area contributed by atoms with E-state index in [1.54, 1.807) is 19.1 Å². The van der Waals surface area contributed by atoms with Crippen molar-refractivity contribution in [2.75, 3.05) is 0 Å². The Kier molecular flexibility index (Phi) is 3.77. The van der Waals surface area contributed by atoms with Crippen LogP contribution in [0.3, 0.4) is 0 Å². The lowest BCUT2D eigenvalue weighted by Crippen LogP contribution is -2.11. The summed E-state index contributed by atoms with van der Waals surface area (Å²) < 4.78 is 29.6. The molecule has 0 spiro atoms. The van der Waals surface area contributed by atoms with E-state index in [2.05, 4.69) is 0 Å². The molecule has 2 rings (SSSR count). The second-order valence-electron chi connectivity index (χ2n) is 4.38. The van der Waals surface area contributed by atoms with Crippen LogP contribution in [0.5, 0.6) is 5.75 Å². The van der Waals surface area contributed by atoms with Crippen molar-refractivity contribution in [1.29, 1.82) is 5.26 Å². The Labute approximate surface area is 118 Å². The number of hydrogen-bond donors (Lipinski definition) is 0. The number of benzene rings is 2. The van der Waals surface area contributed by atoms with Gasteiger partial charge in [-0.2, -0.15) is 13.7 Å². The van der Waals surface area contributed by atoms with Gasteiger partial charge in [0.15, 0.2) is 0 Å². The summed E-state index contributed by atoms with van der Waals surface area (Å²) in [5.74, 6) is 0.298. The van der Waals surface area contributed by atoms with Crippen LogP contribution in [-0.2, 0) is 10.1 Å². The fourth-order valence-electron chi connectivity index (χ4n) is 1.70. The zero-order valence-electron chi connectivity index (χ0n) is 11.1. The molecule has 0 fully saturated rings. The SMILES string of the molecule is Cc1cccc(OS(=O)(=O)c2cccc(C#N)c2)c1C. The Bertz CT molecular complexity index is 789. The molecule has 0 bridgehead atoms. The van der Waals surface area contributed by atoms with Crippen molar-refractivity contribution in [3.63, 3.8) is 0 Å². The molecule has 0 saturated carbocycles. The van der Waals surface area contributed by atoms with Gasteiger partial charge >= 0.3 is 10.1 Å². The van der Waals surface area contributed by atoms with Crippen molar-refractivity contribution < 1.29 is 12.6 Å².